The summed E-state index contributed by atoms with van der Waals surface area (Å²) in [5.41, 5.74) is 5.11. The Balaban J connectivity index is 1.36. The molecule has 0 fully saturated rings. The fourth-order valence-corrected chi connectivity index (χ4v) is 5.39. The van der Waals surface area contributed by atoms with Gasteiger partial charge in [-0.2, -0.15) is 0 Å². The monoisotopic (exact) mass is 491 g/mol. The summed E-state index contributed by atoms with van der Waals surface area (Å²) in [7, 11) is 0. The molecule has 0 aliphatic heterocycles. The van der Waals surface area contributed by atoms with Crippen LogP contribution in [0, 0.1) is 13.8 Å². The average molecular weight is 492 g/mol. The molecule has 4 rings (SSSR count). The van der Waals surface area contributed by atoms with Crippen molar-refractivity contribution in [1.29, 1.82) is 0 Å². The summed E-state index contributed by atoms with van der Waals surface area (Å²) >= 11 is 2.90. The summed E-state index contributed by atoms with van der Waals surface area (Å²) in [6.45, 7) is 6.51. The van der Waals surface area contributed by atoms with Crippen molar-refractivity contribution in [3.05, 3.63) is 77.4 Å². The third kappa shape index (κ3) is 6.15. The highest BCUT2D eigenvalue weighted by atomic mass is 32.2. The van der Waals surface area contributed by atoms with Gasteiger partial charge in [-0.05, 0) is 86.5 Å². The van der Waals surface area contributed by atoms with E-state index < -0.39 is 0 Å². The van der Waals surface area contributed by atoms with Gasteiger partial charge in [0.1, 0.15) is 5.75 Å². The smallest absolute Gasteiger partial charge is 0.255 e. The highest BCUT2D eigenvalue weighted by Crippen LogP contribution is 2.31. The molecule has 0 saturated heterocycles. The molecule has 0 radical (unpaired) electrons. The average Bonchev–Trinajstić information content (AvgIpc) is 3.20. The lowest BCUT2D eigenvalue weighted by Crippen LogP contribution is -2.14. The van der Waals surface area contributed by atoms with E-state index in [1.54, 1.807) is 24.3 Å². The van der Waals surface area contributed by atoms with Gasteiger partial charge in [-0.15, -0.1) is 11.3 Å². The molecule has 0 spiro atoms. The third-order valence-electron chi connectivity index (χ3n) is 4.89. The number of aromatic nitrogens is 1. The number of aryl methyl sites for hydroxylation is 2. The van der Waals surface area contributed by atoms with Crippen molar-refractivity contribution in [3.63, 3.8) is 0 Å². The molecule has 4 aromatic rings. The largest absolute Gasteiger partial charge is 0.494 e. The zero-order valence-electron chi connectivity index (χ0n) is 19.2. The summed E-state index contributed by atoms with van der Waals surface area (Å²) in [5.74, 6) is 0.744. The van der Waals surface area contributed by atoms with E-state index in [0.717, 1.165) is 37.1 Å². The first-order valence-electron chi connectivity index (χ1n) is 10.9. The number of anilines is 2. The standard InChI is InChI=1S/C26H25N3O3S2/c1-4-32-21-8-5-18(6-9-21)25(31)28-19-7-10-22-23(14-19)34-26(29-22)33-15-24(30)27-20-12-16(2)11-17(3)13-20/h5-14H,4,15H2,1-3H3,(H,27,30)(H,28,31). The van der Waals surface area contributed by atoms with Crippen LogP contribution >= 0.6 is 23.1 Å². The van der Waals surface area contributed by atoms with Crippen molar-refractivity contribution >= 4 is 56.5 Å². The molecule has 0 atom stereocenters. The van der Waals surface area contributed by atoms with Gasteiger partial charge in [0.25, 0.3) is 5.91 Å². The maximum absolute atomic E-state index is 12.6. The number of thioether (sulfide) groups is 1. The quantitative estimate of drug-likeness (QED) is 0.283. The molecule has 0 unspecified atom stereocenters. The minimum atomic E-state index is -0.190. The lowest BCUT2D eigenvalue weighted by Gasteiger charge is -2.07. The van der Waals surface area contributed by atoms with Crippen LogP contribution in [0.25, 0.3) is 10.2 Å². The summed E-state index contributed by atoms with van der Waals surface area (Å²) in [6.07, 6.45) is 0. The van der Waals surface area contributed by atoms with E-state index in [2.05, 4.69) is 21.7 Å². The van der Waals surface area contributed by atoms with Crippen LogP contribution in [0.4, 0.5) is 11.4 Å². The van der Waals surface area contributed by atoms with Crippen LogP contribution in [0.15, 0.2) is 65.0 Å². The molecular formula is C26H25N3O3S2. The Morgan fingerprint density at radius 3 is 2.38 bits per heavy atom. The van der Waals surface area contributed by atoms with E-state index in [9.17, 15) is 9.59 Å². The molecule has 0 saturated carbocycles. The first-order chi connectivity index (χ1) is 16.4. The fraction of sp³-hybridized carbons (Fsp3) is 0.192. The zero-order chi connectivity index (χ0) is 24.1. The van der Waals surface area contributed by atoms with Crippen molar-refractivity contribution in [2.45, 2.75) is 25.1 Å². The number of benzene rings is 3. The number of ether oxygens (including phenoxy) is 1. The van der Waals surface area contributed by atoms with Gasteiger partial charge in [-0.25, -0.2) is 4.98 Å². The maximum Gasteiger partial charge on any atom is 0.255 e. The molecule has 1 heterocycles. The van der Waals surface area contributed by atoms with Crippen LogP contribution in [0.3, 0.4) is 0 Å². The van der Waals surface area contributed by atoms with Crippen molar-refractivity contribution in [1.82, 2.24) is 4.98 Å². The van der Waals surface area contributed by atoms with Gasteiger partial charge in [0, 0.05) is 16.9 Å². The molecule has 8 heteroatoms. The minimum absolute atomic E-state index is 0.0717. The molecule has 0 aliphatic rings. The number of fused-ring (bicyclic) bond motifs is 1. The van der Waals surface area contributed by atoms with Crippen molar-refractivity contribution < 1.29 is 14.3 Å². The van der Waals surface area contributed by atoms with Gasteiger partial charge in [-0.3, -0.25) is 9.59 Å². The number of nitrogens with zero attached hydrogens (tertiary/aromatic N) is 1. The zero-order valence-corrected chi connectivity index (χ0v) is 20.8. The first kappa shape index (κ1) is 23.8. The molecule has 2 amide bonds. The number of hydrogen-bond donors (Lipinski definition) is 2. The third-order valence-corrected chi connectivity index (χ3v) is 7.05. The fourth-order valence-electron chi connectivity index (χ4n) is 3.49. The van der Waals surface area contributed by atoms with E-state index in [1.165, 1.54) is 23.1 Å². The number of hydrogen-bond acceptors (Lipinski definition) is 6. The maximum atomic E-state index is 12.6. The number of rotatable bonds is 8. The molecule has 34 heavy (non-hydrogen) atoms. The Morgan fingerprint density at radius 2 is 1.68 bits per heavy atom. The Hall–Kier alpha value is -3.36. The SMILES string of the molecule is CCOc1ccc(C(=O)Nc2ccc3nc(SCC(=O)Nc4cc(C)cc(C)c4)sc3c2)cc1. The van der Waals surface area contributed by atoms with Crippen LogP contribution in [-0.2, 0) is 4.79 Å². The molecule has 2 N–H and O–H groups in total. The van der Waals surface area contributed by atoms with E-state index in [0.29, 0.717) is 17.9 Å². The Labute approximate surface area is 206 Å². The minimum Gasteiger partial charge on any atom is -0.494 e. The van der Waals surface area contributed by atoms with E-state index >= 15 is 0 Å². The molecule has 6 nitrogen and oxygen atoms in total. The van der Waals surface area contributed by atoms with Gasteiger partial charge in [0.05, 0.1) is 22.6 Å². The number of carbonyl (C=O) groups is 2. The van der Waals surface area contributed by atoms with Gasteiger partial charge in [0.2, 0.25) is 5.91 Å². The summed E-state index contributed by atoms with van der Waals surface area (Å²) < 4.78 is 7.17. The Kier molecular flexibility index (Phi) is 7.49. The summed E-state index contributed by atoms with van der Waals surface area (Å²) in [4.78, 5) is 29.6. The highest BCUT2D eigenvalue weighted by molar-refractivity contribution is 8.01. The second kappa shape index (κ2) is 10.7. The van der Waals surface area contributed by atoms with Crippen LogP contribution in [0.1, 0.15) is 28.4 Å². The highest BCUT2D eigenvalue weighted by Gasteiger charge is 2.11. The molecule has 0 aliphatic carbocycles. The number of nitrogens with one attached hydrogen (secondary N) is 2. The van der Waals surface area contributed by atoms with Gasteiger partial charge in [0.15, 0.2) is 4.34 Å². The van der Waals surface area contributed by atoms with Gasteiger partial charge < -0.3 is 15.4 Å². The molecular weight excluding hydrogens is 466 g/mol. The topological polar surface area (TPSA) is 80.3 Å². The molecule has 0 bridgehead atoms. The molecule has 1 aromatic heterocycles. The number of thiazole rings is 1. The lowest BCUT2D eigenvalue weighted by atomic mass is 10.1. The Morgan fingerprint density at radius 1 is 0.941 bits per heavy atom. The lowest BCUT2D eigenvalue weighted by molar-refractivity contribution is -0.113. The van der Waals surface area contributed by atoms with Crippen LogP contribution < -0.4 is 15.4 Å². The first-order valence-corrected chi connectivity index (χ1v) is 12.7. The van der Waals surface area contributed by atoms with Gasteiger partial charge in [-0.1, -0.05) is 17.8 Å². The van der Waals surface area contributed by atoms with E-state index in [1.807, 2.05) is 51.1 Å². The van der Waals surface area contributed by atoms with E-state index in [-0.39, 0.29) is 17.6 Å². The summed E-state index contributed by atoms with van der Waals surface area (Å²) in [6, 6.07) is 18.6. The second-order valence-electron chi connectivity index (χ2n) is 7.79. The predicted octanol–water partition coefficient (Wildman–Crippen LogP) is 6.29. The molecule has 174 valence electrons. The van der Waals surface area contributed by atoms with Crippen LogP contribution in [0.2, 0.25) is 0 Å². The van der Waals surface area contributed by atoms with Crippen LogP contribution in [-0.4, -0.2) is 29.2 Å². The number of amides is 2. The van der Waals surface area contributed by atoms with Crippen molar-refractivity contribution in [2.24, 2.45) is 0 Å². The van der Waals surface area contributed by atoms with Crippen LogP contribution in [0.5, 0.6) is 5.75 Å². The normalized spacial score (nSPS) is 10.8. The van der Waals surface area contributed by atoms with Crippen molar-refractivity contribution in [2.75, 3.05) is 23.0 Å². The summed E-state index contributed by atoms with van der Waals surface area (Å²) in [5, 5.41) is 5.87. The predicted molar refractivity (Wildman–Crippen MR) is 140 cm³/mol. The second-order valence-corrected chi connectivity index (χ2v) is 10.0. The number of carbonyl (C=O) groups excluding carboxylic acids is 2. The van der Waals surface area contributed by atoms with E-state index in [4.69, 9.17) is 4.74 Å². The Bertz CT molecular complexity index is 1310. The van der Waals surface area contributed by atoms with Crippen molar-refractivity contribution in [3.8, 4) is 5.75 Å². The van der Waals surface area contributed by atoms with Gasteiger partial charge >= 0.3 is 0 Å². The molecule has 3 aromatic carbocycles.